The zero-order valence-corrected chi connectivity index (χ0v) is 17.7. The van der Waals surface area contributed by atoms with Gasteiger partial charge >= 0.3 is 6.09 Å². The summed E-state index contributed by atoms with van der Waals surface area (Å²) in [7, 11) is 0. The van der Waals surface area contributed by atoms with Crippen molar-refractivity contribution in [1.29, 1.82) is 0 Å². The number of ether oxygens (including phenoxy) is 1. The first-order chi connectivity index (χ1) is 15.5. The van der Waals surface area contributed by atoms with E-state index in [4.69, 9.17) is 4.74 Å². The van der Waals surface area contributed by atoms with E-state index in [2.05, 4.69) is 5.32 Å². The van der Waals surface area contributed by atoms with Crippen LogP contribution in [0.25, 0.3) is 0 Å². The number of β-amino-alcohol motifs (C(OH)–C–C–N with tert-alkyl or cyclic N) is 1. The molecule has 1 aliphatic heterocycles. The van der Waals surface area contributed by atoms with Gasteiger partial charge in [0.05, 0.1) is 18.7 Å². The largest absolute Gasteiger partial charge is 0.445 e. The highest BCUT2D eigenvalue weighted by molar-refractivity contribution is 5.92. The normalized spacial score (nSPS) is 18.8. The number of rotatable bonds is 9. The van der Waals surface area contributed by atoms with Crippen LogP contribution >= 0.6 is 0 Å². The van der Waals surface area contributed by atoms with Crippen LogP contribution in [-0.4, -0.2) is 64.2 Å². The van der Waals surface area contributed by atoms with E-state index in [0.29, 0.717) is 12.8 Å². The quantitative estimate of drug-likeness (QED) is 0.543. The Morgan fingerprint density at radius 2 is 1.66 bits per heavy atom. The first-order valence-electron chi connectivity index (χ1n) is 10.6. The van der Waals surface area contributed by atoms with Gasteiger partial charge in [-0.2, -0.15) is 0 Å². The van der Waals surface area contributed by atoms with Crippen LogP contribution in [-0.2, 0) is 27.4 Å². The zero-order chi connectivity index (χ0) is 22.9. The lowest BCUT2D eigenvalue weighted by Crippen LogP contribution is -2.51. The summed E-state index contributed by atoms with van der Waals surface area (Å²) in [5, 5.41) is 22.0. The van der Waals surface area contributed by atoms with Crippen molar-refractivity contribution in [1.82, 2.24) is 10.2 Å². The van der Waals surface area contributed by atoms with Crippen molar-refractivity contribution >= 4 is 17.8 Å². The molecule has 32 heavy (non-hydrogen) atoms. The predicted octanol–water partition coefficient (Wildman–Crippen LogP) is 1.44. The Balaban J connectivity index is 1.61. The molecule has 2 aromatic rings. The summed E-state index contributed by atoms with van der Waals surface area (Å²) in [5.41, 5.74) is 1.80. The van der Waals surface area contributed by atoms with E-state index < -0.39 is 42.6 Å². The molecule has 0 aliphatic carbocycles. The van der Waals surface area contributed by atoms with E-state index in [9.17, 15) is 24.6 Å². The van der Waals surface area contributed by atoms with Crippen LogP contribution < -0.4 is 5.32 Å². The Bertz CT molecular complexity index is 905. The van der Waals surface area contributed by atoms with Crippen molar-refractivity contribution in [3.05, 3.63) is 71.8 Å². The van der Waals surface area contributed by atoms with Gasteiger partial charge in [-0.1, -0.05) is 60.7 Å². The van der Waals surface area contributed by atoms with Gasteiger partial charge in [0.15, 0.2) is 5.78 Å². The fraction of sp³-hybridized carbons (Fsp3) is 0.375. The highest BCUT2D eigenvalue weighted by Crippen LogP contribution is 2.20. The summed E-state index contributed by atoms with van der Waals surface area (Å²) in [6, 6.07) is 16.8. The second-order valence-electron chi connectivity index (χ2n) is 7.81. The van der Waals surface area contributed by atoms with Crippen LogP contribution in [0.1, 0.15) is 24.0 Å². The average molecular weight is 440 g/mol. The van der Waals surface area contributed by atoms with Crippen LogP contribution in [0.5, 0.6) is 0 Å². The van der Waals surface area contributed by atoms with Crippen LogP contribution in [0.2, 0.25) is 0 Å². The van der Waals surface area contributed by atoms with Crippen molar-refractivity contribution < 1.29 is 29.3 Å². The molecule has 0 bridgehead atoms. The predicted molar refractivity (Wildman–Crippen MR) is 117 cm³/mol. The molecule has 3 atom stereocenters. The molecule has 1 aliphatic rings. The fourth-order valence-electron chi connectivity index (χ4n) is 3.71. The van der Waals surface area contributed by atoms with Gasteiger partial charge in [0, 0.05) is 6.42 Å². The lowest BCUT2D eigenvalue weighted by molar-refractivity contribution is -0.131. The number of aryl methyl sites for hydroxylation is 1. The minimum atomic E-state index is -0.959. The summed E-state index contributed by atoms with van der Waals surface area (Å²) in [6.45, 7) is -0.687. The van der Waals surface area contributed by atoms with Gasteiger partial charge in [-0.25, -0.2) is 4.79 Å². The van der Waals surface area contributed by atoms with E-state index >= 15 is 0 Å². The number of nitrogens with zero attached hydrogens (tertiary/aromatic N) is 1. The molecule has 170 valence electrons. The second kappa shape index (κ2) is 11.4. The van der Waals surface area contributed by atoms with Gasteiger partial charge in [-0.15, -0.1) is 0 Å². The lowest BCUT2D eigenvalue weighted by Gasteiger charge is -2.25. The summed E-state index contributed by atoms with van der Waals surface area (Å²) in [5.74, 6) is -1.07. The van der Waals surface area contributed by atoms with E-state index in [1.807, 2.05) is 60.7 Å². The summed E-state index contributed by atoms with van der Waals surface area (Å²) in [6.07, 6.45) is -0.687. The van der Waals surface area contributed by atoms with Gasteiger partial charge in [0.25, 0.3) is 0 Å². The number of amides is 2. The molecule has 0 unspecified atom stereocenters. The topological polar surface area (TPSA) is 116 Å². The molecule has 1 heterocycles. The summed E-state index contributed by atoms with van der Waals surface area (Å²) >= 11 is 0. The van der Waals surface area contributed by atoms with Crippen molar-refractivity contribution in [2.75, 3.05) is 13.2 Å². The number of Topliss-reactive ketones (excluding diaryl/α,β-unsaturated/α-hetero) is 1. The van der Waals surface area contributed by atoms with Crippen LogP contribution in [0.4, 0.5) is 4.79 Å². The molecule has 1 saturated heterocycles. The van der Waals surface area contributed by atoms with Gasteiger partial charge < -0.3 is 20.3 Å². The number of hydrogen-bond acceptors (Lipinski definition) is 6. The highest BCUT2D eigenvalue weighted by atomic mass is 16.6. The summed E-state index contributed by atoms with van der Waals surface area (Å²) < 4.78 is 5.31. The Labute approximate surface area is 186 Å². The third kappa shape index (κ3) is 6.38. The maximum Gasteiger partial charge on any atom is 0.410 e. The zero-order valence-electron chi connectivity index (χ0n) is 17.7. The lowest BCUT2D eigenvalue weighted by atomic mass is 10.0. The van der Waals surface area contributed by atoms with Crippen molar-refractivity contribution in [2.24, 2.45) is 0 Å². The highest BCUT2D eigenvalue weighted by Gasteiger charge is 2.40. The van der Waals surface area contributed by atoms with E-state index in [0.717, 1.165) is 11.1 Å². The van der Waals surface area contributed by atoms with Gasteiger partial charge in [0.1, 0.15) is 19.3 Å². The molecule has 0 saturated carbocycles. The minimum absolute atomic E-state index is 0.0334. The molecule has 8 nitrogen and oxygen atoms in total. The molecule has 8 heteroatoms. The molecule has 3 rings (SSSR count). The second-order valence-corrected chi connectivity index (χ2v) is 7.81. The number of nitrogens with one attached hydrogen (secondary N) is 1. The molecule has 1 fully saturated rings. The Kier molecular flexibility index (Phi) is 8.35. The number of carbonyl (C=O) groups excluding carboxylic acids is 3. The SMILES string of the molecule is O=C(CO)[C@H](CCc1ccccc1)NC(=O)[C@@H]1C[C@@H](O)CN1C(=O)OCc1ccccc1. The third-order valence-corrected chi connectivity index (χ3v) is 5.45. The van der Waals surface area contributed by atoms with E-state index in [-0.39, 0.29) is 19.6 Å². The average Bonchev–Trinajstić information content (AvgIpc) is 3.22. The number of likely N-dealkylation sites (tertiary alicyclic amines) is 1. The van der Waals surface area contributed by atoms with Crippen LogP contribution in [0.15, 0.2) is 60.7 Å². The van der Waals surface area contributed by atoms with Crippen LogP contribution in [0.3, 0.4) is 0 Å². The number of hydrogen-bond donors (Lipinski definition) is 3. The monoisotopic (exact) mass is 440 g/mol. The number of carbonyl (C=O) groups is 3. The van der Waals surface area contributed by atoms with Crippen molar-refractivity contribution in [3.8, 4) is 0 Å². The third-order valence-electron chi connectivity index (χ3n) is 5.45. The Hall–Kier alpha value is -3.23. The maximum absolute atomic E-state index is 12.9. The summed E-state index contributed by atoms with van der Waals surface area (Å²) in [4.78, 5) is 38.9. The van der Waals surface area contributed by atoms with E-state index in [1.54, 1.807) is 0 Å². The molecule has 0 spiro atoms. The molecule has 0 aromatic heterocycles. The first-order valence-corrected chi connectivity index (χ1v) is 10.6. The number of aliphatic hydroxyl groups excluding tert-OH is 2. The molecule has 2 amide bonds. The first kappa shape index (κ1) is 23.4. The van der Waals surface area contributed by atoms with Gasteiger partial charge in [-0.05, 0) is 24.0 Å². The molecular formula is C24H28N2O6. The van der Waals surface area contributed by atoms with Crippen molar-refractivity contribution in [3.63, 3.8) is 0 Å². The number of ketones is 1. The van der Waals surface area contributed by atoms with Crippen molar-refractivity contribution in [2.45, 2.75) is 44.1 Å². The minimum Gasteiger partial charge on any atom is -0.445 e. The standard InChI is InChI=1S/C24H28N2O6/c27-15-22(29)20(12-11-17-7-3-1-4-8-17)25-23(30)21-13-19(28)14-26(21)24(31)32-16-18-9-5-2-6-10-18/h1-10,19-21,27-28H,11-16H2,(H,25,30)/t19-,20+,21+/m1/s1. The van der Waals surface area contributed by atoms with Gasteiger partial charge in [-0.3, -0.25) is 14.5 Å². The Morgan fingerprint density at radius 1 is 1.03 bits per heavy atom. The molecular weight excluding hydrogens is 412 g/mol. The smallest absolute Gasteiger partial charge is 0.410 e. The molecule has 2 aromatic carbocycles. The Morgan fingerprint density at radius 3 is 2.28 bits per heavy atom. The fourth-order valence-corrected chi connectivity index (χ4v) is 3.71. The van der Waals surface area contributed by atoms with Gasteiger partial charge in [0.2, 0.25) is 5.91 Å². The molecule has 3 N–H and O–H groups in total. The number of benzene rings is 2. The molecule has 0 radical (unpaired) electrons. The van der Waals surface area contributed by atoms with Crippen LogP contribution in [0, 0.1) is 0 Å². The van der Waals surface area contributed by atoms with E-state index in [1.165, 1.54) is 4.90 Å². The number of aliphatic hydroxyl groups is 2. The maximum atomic E-state index is 12.9.